The number of hydrogen-bond acceptors (Lipinski definition) is 7. The Balaban J connectivity index is 1.50. The maximum atomic E-state index is 12.5. The summed E-state index contributed by atoms with van der Waals surface area (Å²) in [5.41, 5.74) is 2.05. The molecule has 1 amide bonds. The van der Waals surface area contributed by atoms with Crippen molar-refractivity contribution in [2.24, 2.45) is 0 Å². The van der Waals surface area contributed by atoms with Crippen LogP contribution in [0.25, 0.3) is 0 Å². The van der Waals surface area contributed by atoms with Crippen molar-refractivity contribution < 1.29 is 19.0 Å². The van der Waals surface area contributed by atoms with Crippen molar-refractivity contribution in [2.75, 3.05) is 52.0 Å². The summed E-state index contributed by atoms with van der Waals surface area (Å²) in [4.78, 5) is 34.2. The quantitative estimate of drug-likeness (QED) is 0.616. The standard InChI is InChI=1S/C22H30N4O5/c1-15-17(21(28)25-22(24-15)26-10-12-31-13-11-26)5-7-20(27)23-9-8-16-4-6-18(29-2)19(14-16)30-3/h4,6,14H,5,7-13H2,1-3H3,(H,23,27)(H,24,25,28). The smallest absolute Gasteiger partial charge is 0.255 e. The molecule has 0 aliphatic carbocycles. The maximum Gasteiger partial charge on any atom is 0.255 e. The SMILES string of the molecule is COc1ccc(CCNC(=O)CCc2c(C)nc(N3CCOCC3)[nH]c2=O)cc1OC. The molecule has 2 aromatic rings. The van der Waals surface area contributed by atoms with Crippen LogP contribution in [0.4, 0.5) is 5.95 Å². The van der Waals surface area contributed by atoms with E-state index in [1.807, 2.05) is 30.0 Å². The maximum absolute atomic E-state index is 12.5. The summed E-state index contributed by atoms with van der Waals surface area (Å²) in [5.74, 6) is 1.80. The number of ether oxygens (including phenoxy) is 3. The molecule has 1 fully saturated rings. The Morgan fingerprint density at radius 2 is 1.94 bits per heavy atom. The van der Waals surface area contributed by atoms with Crippen molar-refractivity contribution in [2.45, 2.75) is 26.2 Å². The summed E-state index contributed by atoms with van der Waals surface area (Å²) in [5, 5.41) is 2.90. The third kappa shape index (κ3) is 5.97. The second-order valence-electron chi connectivity index (χ2n) is 7.34. The lowest BCUT2D eigenvalue weighted by Crippen LogP contribution is -2.38. The highest BCUT2D eigenvalue weighted by atomic mass is 16.5. The molecule has 1 aromatic heterocycles. The van der Waals surface area contributed by atoms with Gasteiger partial charge in [0.2, 0.25) is 11.9 Å². The minimum atomic E-state index is -0.188. The molecular formula is C22H30N4O5. The number of benzene rings is 1. The number of nitrogens with one attached hydrogen (secondary N) is 2. The Bertz CT molecular complexity index is 953. The van der Waals surface area contributed by atoms with Gasteiger partial charge in [-0.2, -0.15) is 0 Å². The highest BCUT2D eigenvalue weighted by molar-refractivity contribution is 5.76. The minimum Gasteiger partial charge on any atom is -0.493 e. The lowest BCUT2D eigenvalue weighted by atomic mass is 10.1. The third-order valence-corrected chi connectivity index (χ3v) is 5.31. The molecule has 9 nitrogen and oxygen atoms in total. The molecule has 2 N–H and O–H groups in total. The van der Waals surface area contributed by atoms with Crippen molar-refractivity contribution in [1.29, 1.82) is 0 Å². The van der Waals surface area contributed by atoms with Crippen molar-refractivity contribution >= 4 is 11.9 Å². The van der Waals surface area contributed by atoms with Crippen LogP contribution in [-0.4, -0.2) is 62.9 Å². The number of H-pyrrole nitrogens is 1. The van der Waals surface area contributed by atoms with E-state index in [9.17, 15) is 9.59 Å². The molecule has 0 unspecified atom stereocenters. The fourth-order valence-electron chi connectivity index (χ4n) is 3.52. The fourth-order valence-corrected chi connectivity index (χ4v) is 3.52. The Morgan fingerprint density at radius 1 is 1.19 bits per heavy atom. The molecule has 31 heavy (non-hydrogen) atoms. The number of carbonyl (C=O) groups is 1. The summed E-state index contributed by atoms with van der Waals surface area (Å²) >= 11 is 0. The fraction of sp³-hybridized carbons (Fsp3) is 0.500. The van der Waals surface area contributed by atoms with Crippen LogP contribution in [0.1, 0.15) is 23.2 Å². The van der Waals surface area contributed by atoms with Gasteiger partial charge in [-0.05, 0) is 37.5 Å². The van der Waals surface area contributed by atoms with E-state index in [1.54, 1.807) is 14.2 Å². The highest BCUT2D eigenvalue weighted by Gasteiger charge is 2.16. The number of nitrogens with zero attached hydrogens (tertiary/aromatic N) is 2. The van der Waals surface area contributed by atoms with Gasteiger partial charge < -0.3 is 24.4 Å². The van der Waals surface area contributed by atoms with Crippen LogP contribution < -0.4 is 25.2 Å². The number of aromatic nitrogens is 2. The number of morpholine rings is 1. The van der Waals surface area contributed by atoms with Gasteiger partial charge in [0.15, 0.2) is 11.5 Å². The number of methoxy groups -OCH3 is 2. The number of anilines is 1. The molecule has 2 heterocycles. The van der Waals surface area contributed by atoms with E-state index in [-0.39, 0.29) is 17.9 Å². The first-order valence-corrected chi connectivity index (χ1v) is 10.4. The second kappa shape index (κ2) is 10.8. The molecule has 1 aliphatic rings. The van der Waals surface area contributed by atoms with Gasteiger partial charge in [0, 0.05) is 37.3 Å². The predicted molar refractivity (Wildman–Crippen MR) is 117 cm³/mol. The average Bonchev–Trinajstić information content (AvgIpc) is 2.78. The summed E-state index contributed by atoms with van der Waals surface area (Å²) in [7, 11) is 3.19. The predicted octanol–water partition coefficient (Wildman–Crippen LogP) is 1.22. The number of carbonyl (C=O) groups excluding carboxylic acids is 1. The number of rotatable bonds is 9. The molecule has 0 spiro atoms. The van der Waals surface area contributed by atoms with E-state index < -0.39 is 0 Å². The number of aryl methyl sites for hydroxylation is 1. The van der Waals surface area contributed by atoms with Gasteiger partial charge in [0.25, 0.3) is 5.56 Å². The Morgan fingerprint density at radius 3 is 2.61 bits per heavy atom. The van der Waals surface area contributed by atoms with Crippen LogP contribution in [0.2, 0.25) is 0 Å². The highest BCUT2D eigenvalue weighted by Crippen LogP contribution is 2.27. The van der Waals surface area contributed by atoms with Gasteiger partial charge in [-0.1, -0.05) is 6.07 Å². The lowest BCUT2D eigenvalue weighted by Gasteiger charge is -2.27. The molecule has 9 heteroatoms. The van der Waals surface area contributed by atoms with Crippen LogP contribution >= 0.6 is 0 Å². The Kier molecular flexibility index (Phi) is 7.88. The van der Waals surface area contributed by atoms with Crippen LogP contribution in [0.15, 0.2) is 23.0 Å². The van der Waals surface area contributed by atoms with E-state index in [0.717, 1.165) is 5.56 Å². The van der Waals surface area contributed by atoms with Crippen LogP contribution in [-0.2, 0) is 22.4 Å². The summed E-state index contributed by atoms with van der Waals surface area (Å²) < 4.78 is 15.9. The summed E-state index contributed by atoms with van der Waals surface area (Å²) in [6, 6.07) is 5.69. The Hall–Kier alpha value is -3.07. The number of amides is 1. The normalized spacial score (nSPS) is 13.7. The second-order valence-corrected chi connectivity index (χ2v) is 7.34. The molecule has 168 valence electrons. The van der Waals surface area contributed by atoms with Crippen LogP contribution in [0.3, 0.4) is 0 Å². The number of hydrogen-bond donors (Lipinski definition) is 2. The molecule has 0 radical (unpaired) electrons. The van der Waals surface area contributed by atoms with Gasteiger partial charge in [0.1, 0.15) is 0 Å². The zero-order valence-corrected chi connectivity index (χ0v) is 18.3. The molecular weight excluding hydrogens is 400 g/mol. The van der Waals surface area contributed by atoms with Crippen molar-refractivity contribution in [1.82, 2.24) is 15.3 Å². The van der Waals surface area contributed by atoms with Gasteiger partial charge in [-0.3, -0.25) is 14.6 Å². The van der Waals surface area contributed by atoms with E-state index in [0.29, 0.717) is 74.4 Å². The van der Waals surface area contributed by atoms with Gasteiger partial charge in [-0.15, -0.1) is 0 Å². The van der Waals surface area contributed by atoms with Crippen molar-refractivity contribution in [3.05, 3.63) is 45.4 Å². The Labute approximate surface area is 181 Å². The van der Waals surface area contributed by atoms with Crippen LogP contribution in [0.5, 0.6) is 11.5 Å². The molecule has 3 rings (SSSR count). The zero-order valence-electron chi connectivity index (χ0n) is 18.3. The largest absolute Gasteiger partial charge is 0.493 e. The van der Waals surface area contributed by atoms with E-state index in [4.69, 9.17) is 14.2 Å². The zero-order chi connectivity index (χ0) is 22.2. The van der Waals surface area contributed by atoms with Gasteiger partial charge >= 0.3 is 0 Å². The van der Waals surface area contributed by atoms with Gasteiger partial charge in [0.05, 0.1) is 27.4 Å². The first-order valence-electron chi connectivity index (χ1n) is 10.4. The molecule has 1 aliphatic heterocycles. The monoisotopic (exact) mass is 430 g/mol. The molecule has 0 saturated carbocycles. The lowest BCUT2D eigenvalue weighted by molar-refractivity contribution is -0.121. The molecule has 0 bridgehead atoms. The average molecular weight is 431 g/mol. The first kappa shape index (κ1) is 22.6. The van der Waals surface area contributed by atoms with Gasteiger partial charge in [-0.25, -0.2) is 4.98 Å². The third-order valence-electron chi connectivity index (χ3n) is 5.31. The molecule has 0 atom stereocenters. The summed E-state index contributed by atoms with van der Waals surface area (Å²) in [6.07, 6.45) is 1.25. The van der Waals surface area contributed by atoms with E-state index in [2.05, 4.69) is 15.3 Å². The topological polar surface area (TPSA) is 106 Å². The molecule has 1 saturated heterocycles. The first-order chi connectivity index (χ1) is 15.0. The minimum absolute atomic E-state index is 0.100. The summed E-state index contributed by atoms with van der Waals surface area (Å²) in [6.45, 7) is 4.94. The van der Waals surface area contributed by atoms with Crippen LogP contribution in [0, 0.1) is 6.92 Å². The molecule has 1 aromatic carbocycles. The van der Waals surface area contributed by atoms with Crippen molar-refractivity contribution in [3.63, 3.8) is 0 Å². The van der Waals surface area contributed by atoms with E-state index in [1.165, 1.54) is 0 Å². The van der Waals surface area contributed by atoms with Crippen molar-refractivity contribution in [3.8, 4) is 11.5 Å². The number of aromatic amines is 1. The van der Waals surface area contributed by atoms with E-state index >= 15 is 0 Å².